The minimum atomic E-state index is -4.73. The van der Waals surface area contributed by atoms with Crippen molar-refractivity contribution in [3.63, 3.8) is 0 Å². The van der Waals surface area contributed by atoms with Crippen molar-refractivity contribution in [2.24, 2.45) is 0 Å². The molecule has 1 unspecified atom stereocenters. The first kappa shape index (κ1) is 22.0. The molecular weight excluding hydrogens is 445 g/mol. The molecule has 11 heteroatoms. The SMILES string of the molecule is CC1Sc2ccc(C(=O)OCC(=O)Nc3c(Cl)cccc3C(F)(F)F)cc2NC1=O. The van der Waals surface area contributed by atoms with E-state index in [9.17, 15) is 27.6 Å². The van der Waals surface area contributed by atoms with E-state index in [1.54, 1.807) is 13.0 Å². The summed E-state index contributed by atoms with van der Waals surface area (Å²) in [6.45, 7) is 0.920. The summed E-state index contributed by atoms with van der Waals surface area (Å²) in [4.78, 5) is 36.7. The lowest BCUT2D eigenvalue weighted by atomic mass is 10.1. The third-order valence-corrected chi connectivity index (χ3v) is 5.56. The lowest BCUT2D eigenvalue weighted by molar-refractivity contribution is -0.137. The van der Waals surface area contributed by atoms with Crippen molar-refractivity contribution in [3.8, 4) is 0 Å². The molecule has 0 saturated heterocycles. The predicted molar refractivity (Wildman–Crippen MR) is 106 cm³/mol. The topological polar surface area (TPSA) is 84.5 Å². The van der Waals surface area contributed by atoms with Crippen molar-refractivity contribution in [1.82, 2.24) is 0 Å². The predicted octanol–water partition coefficient (Wildman–Crippen LogP) is 4.59. The van der Waals surface area contributed by atoms with Crippen LogP contribution in [0.1, 0.15) is 22.8 Å². The fourth-order valence-electron chi connectivity index (χ4n) is 2.61. The van der Waals surface area contributed by atoms with E-state index >= 15 is 0 Å². The van der Waals surface area contributed by atoms with Crippen LogP contribution >= 0.6 is 23.4 Å². The fraction of sp³-hybridized carbons (Fsp3) is 0.211. The average molecular weight is 459 g/mol. The zero-order valence-corrected chi connectivity index (χ0v) is 16.9. The van der Waals surface area contributed by atoms with Crippen LogP contribution in [0.2, 0.25) is 5.02 Å². The maximum atomic E-state index is 13.1. The second-order valence-electron chi connectivity index (χ2n) is 6.24. The maximum Gasteiger partial charge on any atom is 0.418 e. The molecule has 0 fully saturated rings. The number of rotatable bonds is 4. The molecule has 1 aliphatic heterocycles. The smallest absolute Gasteiger partial charge is 0.418 e. The highest BCUT2D eigenvalue weighted by molar-refractivity contribution is 8.00. The summed E-state index contributed by atoms with van der Waals surface area (Å²) < 4.78 is 44.1. The Labute approximate surface area is 178 Å². The molecule has 1 aliphatic rings. The van der Waals surface area contributed by atoms with Gasteiger partial charge in [0.25, 0.3) is 5.91 Å². The number of hydrogen-bond donors (Lipinski definition) is 2. The van der Waals surface area contributed by atoms with E-state index < -0.39 is 35.9 Å². The number of amides is 2. The number of nitrogens with one attached hydrogen (secondary N) is 2. The van der Waals surface area contributed by atoms with E-state index in [1.165, 1.54) is 30.0 Å². The number of benzene rings is 2. The van der Waals surface area contributed by atoms with Gasteiger partial charge in [-0.2, -0.15) is 13.2 Å². The van der Waals surface area contributed by atoms with Gasteiger partial charge in [0.15, 0.2) is 6.61 Å². The molecule has 0 saturated carbocycles. The summed E-state index contributed by atoms with van der Waals surface area (Å²) in [5, 5.41) is 4.11. The summed E-state index contributed by atoms with van der Waals surface area (Å²) in [5.41, 5.74) is -1.22. The number of halogens is 4. The lowest BCUT2D eigenvalue weighted by Crippen LogP contribution is -2.26. The normalized spacial score (nSPS) is 15.8. The van der Waals surface area contributed by atoms with E-state index in [1.807, 2.05) is 5.32 Å². The minimum Gasteiger partial charge on any atom is -0.452 e. The van der Waals surface area contributed by atoms with Crippen LogP contribution in [-0.4, -0.2) is 29.6 Å². The van der Waals surface area contributed by atoms with Gasteiger partial charge in [0.2, 0.25) is 5.91 Å². The Hall–Kier alpha value is -2.72. The number of alkyl halides is 3. The summed E-state index contributed by atoms with van der Waals surface area (Å²) in [6, 6.07) is 7.57. The molecule has 1 heterocycles. The molecule has 2 amide bonds. The zero-order valence-electron chi connectivity index (χ0n) is 15.3. The van der Waals surface area contributed by atoms with Crippen LogP contribution in [0.15, 0.2) is 41.3 Å². The standard InChI is InChI=1S/C19H14ClF3N2O4S/c1-9-17(27)24-13-7-10(5-6-14(13)30-9)18(28)29-8-15(26)25-16-11(19(21,22)23)3-2-4-12(16)20/h2-7,9H,8H2,1H3,(H,24,27)(H,25,26). The van der Waals surface area contributed by atoms with Crippen LogP contribution in [0.25, 0.3) is 0 Å². The average Bonchev–Trinajstić information content (AvgIpc) is 2.67. The Bertz CT molecular complexity index is 1030. The first-order valence-electron chi connectivity index (χ1n) is 8.50. The Morgan fingerprint density at radius 1 is 1.27 bits per heavy atom. The third kappa shape index (κ3) is 4.88. The lowest BCUT2D eigenvalue weighted by Gasteiger charge is -2.21. The zero-order chi connectivity index (χ0) is 22.1. The molecule has 3 rings (SSSR count). The van der Waals surface area contributed by atoms with Gasteiger partial charge in [0.1, 0.15) is 0 Å². The van der Waals surface area contributed by atoms with Crippen molar-refractivity contribution < 1.29 is 32.3 Å². The number of thioether (sulfide) groups is 1. The number of carbonyl (C=O) groups is 3. The van der Waals surface area contributed by atoms with Gasteiger partial charge in [-0.3, -0.25) is 9.59 Å². The molecule has 2 aromatic carbocycles. The number of esters is 1. The van der Waals surface area contributed by atoms with Crippen LogP contribution in [0.3, 0.4) is 0 Å². The molecule has 1 atom stereocenters. The highest BCUT2D eigenvalue weighted by Crippen LogP contribution is 2.38. The van der Waals surface area contributed by atoms with E-state index in [-0.39, 0.29) is 21.7 Å². The number of ether oxygens (including phenoxy) is 1. The Kier molecular flexibility index (Phi) is 6.27. The number of para-hydroxylation sites is 1. The van der Waals surface area contributed by atoms with E-state index in [2.05, 4.69) is 5.32 Å². The molecule has 30 heavy (non-hydrogen) atoms. The third-order valence-electron chi connectivity index (χ3n) is 4.06. The van der Waals surface area contributed by atoms with Gasteiger partial charge in [-0.25, -0.2) is 4.79 Å². The Morgan fingerprint density at radius 3 is 2.70 bits per heavy atom. The van der Waals surface area contributed by atoms with Gasteiger partial charge in [0, 0.05) is 4.90 Å². The summed E-state index contributed by atoms with van der Waals surface area (Å²) in [7, 11) is 0. The van der Waals surface area contributed by atoms with Gasteiger partial charge in [-0.15, -0.1) is 11.8 Å². The van der Waals surface area contributed by atoms with Crippen LogP contribution < -0.4 is 10.6 Å². The largest absolute Gasteiger partial charge is 0.452 e. The molecule has 0 bridgehead atoms. The van der Waals surface area contributed by atoms with Gasteiger partial charge in [-0.1, -0.05) is 17.7 Å². The van der Waals surface area contributed by atoms with Gasteiger partial charge >= 0.3 is 12.1 Å². The first-order chi connectivity index (χ1) is 14.1. The second-order valence-corrected chi connectivity index (χ2v) is 8.03. The molecule has 6 nitrogen and oxygen atoms in total. The summed E-state index contributed by atoms with van der Waals surface area (Å²) >= 11 is 7.10. The molecule has 0 spiro atoms. The van der Waals surface area contributed by atoms with Crippen molar-refractivity contribution in [1.29, 1.82) is 0 Å². The number of fused-ring (bicyclic) bond motifs is 1. The van der Waals surface area contributed by atoms with E-state index in [4.69, 9.17) is 16.3 Å². The van der Waals surface area contributed by atoms with E-state index in [0.717, 1.165) is 17.0 Å². The van der Waals surface area contributed by atoms with Gasteiger partial charge in [-0.05, 0) is 37.3 Å². The molecule has 158 valence electrons. The highest BCUT2D eigenvalue weighted by atomic mass is 35.5. The van der Waals surface area contributed by atoms with Crippen LogP contribution in [0.4, 0.5) is 24.5 Å². The Balaban J connectivity index is 1.66. The van der Waals surface area contributed by atoms with Crippen molar-refractivity contribution >= 4 is 52.5 Å². The summed E-state index contributed by atoms with van der Waals surface area (Å²) in [5.74, 6) is -2.07. The first-order valence-corrected chi connectivity index (χ1v) is 9.76. The molecular formula is C19H14ClF3N2O4S. The number of carbonyl (C=O) groups excluding carboxylic acids is 3. The maximum absolute atomic E-state index is 13.1. The van der Waals surface area contributed by atoms with Crippen LogP contribution in [0.5, 0.6) is 0 Å². The molecule has 0 aromatic heterocycles. The van der Waals surface area contributed by atoms with Crippen LogP contribution in [-0.2, 0) is 20.5 Å². The molecule has 2 aromatic rings. The monoisotopic (exact) mass is 458 g/mol. The molecule has 0 radical (unpaired) electrons. The van der Waals surface area contributed by atoms with E-state index in [0.29, 0.717) is 5.69 Å². The quantitative estimate of drug-likeness (QED) is 0.655. The van der Waals surface area contributed by atoms with Gasteiger partial charge < -0.3 is 15.4 Å². The number of hydrogen-bond acceptors (Lipinski definition) is 5. The number of anilines is 2. The molecule has 2 N–H and O–H groups in total. The summed E-state index contributed by atoms with van der Waals surface area (Å²) in [6.07, 6.45) is -4.73. The molecule has 0 aliphatic carbocycles. The van der Waals surface area contributed by atoms with Crippen LogP contribution in [0, 0.1) is 0 Å². The highest BCUT2D eigenvalue weighted by Gasteiger charge is 2.35. The fourth-order valence-corrected chi connectivity index (χ4v) is 3.77. The minimum absolute atomic E-state index is 0.0747. The van der Waals surface area contributed by atoms with Gasteiger partial charge in [0.05, 0.1) is 32.8 Å². The van der Waals surface area contributed by atoms with Crippen molar-refractivity contribution in [2.75, 3.05) is 17.2 Å². The second kappa shape index (κ2) is 8.57. The Morgan fingerprint density at radius 2 is 2.00 bits per heavy atom. The van der Waals surface area contributed by atoms with Crippen molar-refractivity contribution in [3.05, 3.63) is 52.5 Å². The van der Waals surface area contributed by atoms with Crippen molar-refractivity contribution in [2.45, 2.75) is 23.2 Å².